The van der Waals surface area contributed by atoms with E-state index in [0.29, 0.717) is 44.8 Å². The van der Waals surface area contributed by atoms with Gasteiger partial charge in [0.2, 0.25) is 5.95 Å². The summed E-state index contributed by atoms with van der Waals surface area (Å²) in [5.74, 6) is 1.88. The van der Waals surface area contributed by atoms with E-state index in [1.165, 1.54) is 45.8 Å². The van der Waals surface area contributed by atoms with Gasteiger partial charge in [0.15, 0.2) is 5.75 Å². The van der Waals surface area contributed by atoms with Gasteiger partial charge in [-0.15, -0.1) is 0 Å². The number of piperazine rings is 1. The molecule has 40 heavy (non-hydrogen) atoms. The molecule has 2 aromatic carbocycles. The van der Waals surface area contributed by atoms with Crippen LogP contribution >= 0.6 is 23.2 Å². The molecule has 0 atom stereocenters. The summed E-state index contributed by atoms with van der Waals surface area (Å²) < 4.78 is 16.5. The zero-order chi connectivity index (χ0) is 28.1. The van der Waals surface area contributed by atoms with E-state index in [1.54, 1.807) is 18.5 Å². The van der Waals surface area contributed by atoms with Crippen LogP contribution in [-0.4, -0.2) is 74.4 Å². The van der Waals surface area contributed by atoms with E-state index in [9.17, 15) is 0 Å². The van der Waals surface area contributed by atoms with Crippen LogP contribution in [0.3, 0.4) is 0 Å². The van der Waals surface area contributed by atoms with Crippen LogP contribution < -0.4 is 29.7 Å². The summed E-state index contributed by atoms with van der Waals surface area (Å²) in [6.07, 6.45) is 5.65. The van der Waals surface area contributed by atoms with E-state index in [2.05, 4.69) is 55.5 Å². The molecule has 0 radical (unpaired) electrons. The number of methoxy groups -OCH3 is 2. The summed E-state index contributed by atoms with van der Waals surface area (Å²) >= 11 is 12.9. The van der Waals surface area contributed by atoms with E-state index in [4.69, 9.17) is 37.4 Å². The molecule has 2 aliphatic heterocycles. The Morgan fingerprint density at radius 3 is 2.20 bits per heavy atom. The minimum atomic E-state index is 0.106. The van der Waals surface area contributed by atoms with Crippen molar-refractivity contribution in [2.24, 2.45) is 0 Å². The Labute approximate surface area is 245 Å². The number of hydrogen-bond donors (Lipinski definition) is 2. The normalized spacial score (nSPS) is 16.6. The first-order valence-electron chi connectivity index (χ1n) is 13.6. The molecule has 0 unspecified atom stereocenters. The van der Waals surface area contributed by atoms with Gasteiger partial charge in [-0.3, -0.25) is 4.90 Å². The van der Waals surface area contributed by atoms with Gasteiger partial charge in [-0.25, -0.2) is 9.97 Å². The van der Waals surface area contributed by atoms with Crippen molar-refractivity contribution in [2.45, 2.75) is 32.4 Å². The lowest BCUT2D eigenvalue weighted by Crippen LogP contribution is -2.52. The number of nitrogens with one attached hydrogen (secondary N) is 2. The molecule has 0 spiro atoms. The molecule has 0 saturated carbocycles. The van der Waals surface area contributed by atoms with Crippen LogP contribution in [0.5, 0.6) is 17.2 Å². The third kappa shape index (κ3) is 6.49. The van der Waals surface area contributed by atoms with Crippen molar-refractivity contribution < 1.29 is 14.2 Å². The molecule has 9 nitrogen and oxygen atoms in total. The molecule has 2 aliphatic rings. The first-order chi connectivity index (χ1) is 19.5. The maximum absolute atomic E-state index is 6.45. The molecule has 2 fully saturated rings. The number of rotatable bonds is 9. The van der Waals surface area contributed by atoms with Crippen LogP contribution in [-0.2, 0) is 6.61 Å². The van der Waals surface area contributed by atoms with Crippen LogP contribution in [0.15, 0.2) is 36.7 Å². The van der Waals surface area contributed by atoms with Crippen molar-refractivity contribution in [1.82, 2.24) is 20.2 Å². The van der Waals surface area contributed by atoms with Crippen LogP contribution in [0.4, 0.5) is 17.3 Å². The molecule has 0 bridgehead atoms. The predicted molar refractivity (Wildman–Crippen MR) is 160 cm³/mol. The first-order valence-corrected chi connectivity index (χ1v) is 14.3. The highest BCUT2D eigenvalue weighted by atomic mass is 35.5. The third-order valence-corrected chi connectivity index (χ3v) is 8.46. The van der Waals surface area contributed by atoms with Gasteiger partial charge in [-0.2, -0.15) is 0 Å². The Bertz CT molecular complexity index is 1270. The van der Waals surface area contributed by atoms with Gasteiger partial charge in [0.05, 0.1) is 36.7 Å². The van der Waals surface area contributed by atoms with E-state index >= 15 is 0 Å². The summed E-state index contributed by atoms with van der Waals surface area (Å²) in [6, 6.07) is 8.86. The van der Waals surface area contributed by atoms with Gasteiger partial charge < -0.3 is 29.7 Å². The molecule has 3 heterocycles. The molecule has 214 valence electrons. The lowest BCUT2D eigenvalue weighted by molar-refractivity contribution is 0.150. The lowest BCUT2D eigenvalue weighted by atomic mass is 10.0. The predicted octanol–water partition coefficient (Wildman–Crippen LogP) is 5.31. The molecular weight excluding hydrogens is 551 g/mol. The second-order valence-corrected chi connectivity index (χ2v) is 10.8. The zero-order valence-electron chi connectivity index (χ0n) is 23.2. The molecule has 0 aliphatic carbocycles. The van der Waals surface area contributed by atoms with Crippen molar-refractivity contribution in [2.75, 3.05) is 63.7 Å². The minimum absolute atomic E-state index is 0.106. The topological polar surface area (TPSA) is 84.0 Å². The van der Waals surface area contributed by atoms with Gasteiger partial charge in [0, 0.05) is 68.3 Å². The number of aryl methyl sites for hydroxylation is 1. The Morgan fingerprint density at radius 2 is 1.60 bits per heavy atom. The molecule has 2 saturated heterocycles. The Morgan fingerprint density at radius 1 is 0.950 bits per heavy atom. The third-order valence-electron chi connectivity index (χ3n) is 7.63. The largest absolute Gasteiger partial charge is 0.495 e. The second-order valence-electron chi connectivity index (χ2n) is 10.0. The van der Waals surface area contributed by atoms with Crippen molar-refractivity contribution in [3.8, 4) is 17.2 Å². The lowest BCUT2D eigenvalue weighted by Gasteiger charge is -2.41. The molecule has 11 heteroatoms. The average molecular weight is 588 g/mol. The van der Waals surface area contributed by atoms with E-state index in [1.807, 2.05) is 0 Å². The minimum Gasteiger partial charge on any atom is -0.495 e. The summed E-state index contributed by atoms with van der Waals surface area (Å²) in [5, 5.41) is 7.51. The van der Waals surface area contributed by atoms with Gasteiger partial charge in [0.25, 0.3) is 0 Å². The van der Waals surface area contributed by atoms with E-state index in [-0.39, 0.29) is 6.61 Å². The fraction of sp³-hybridized carbons (Fsp3) is 0.448. The monoisotopic (exact) mass is 586 g/mol. The second kappa shape index (κ2) is 13.1. The van der Waals surface area contributed by atoms with Crippen LogP contribution in [0.25, 0.3) is 0 Å². The highest BCUT2D eigenvalue weighted by Crippen LogP contribution is 2.40. The molecule has 0 amide bonds. The van der Waals surface area contributed by atoms with Crippen molar-refractivity contribution in [3.63, 3.8) is 0 Å². The SMILES string of the molecule is COc1cc(OC)c(Cl)c(COc2cnc(Nc3ccc(N4CCC(N5CCNCC5)CC4)cc3C)nc2)c1Cl. The number of halogens is 2. The van der Waals surface area contributed by atoms with Crippen LogP contribution in [0.2, 0.25) is 10.0 Å². The van der Waals surface area contributed by atoms with Gasteiger partial charge in [-0.05, 0) is 43.5 Å². The molecule has 3 aromatic rings. The maximum atomic E-state index is 6.45. The molecular formula is C29H36Cl2N6O3. The highest BCUT2D eigenvalue weighted by Gasteiger charge is 2.26. The number of hydrogen-bond acceptors (Lipinski definition) is 9. The summed E-state index contributed by atoms with van der Waals surface area (Å²) in [5.41, 5.74) is 3.93. The molecule has 2 N–H and O–H groups in total. The van der Waals surface area contributed by atoms with E-state index < -0.39 is 0 Å². The van der Waals surface area contributed by atoms with Crippen molar-refractivity contribution in [1.29, 1.82) is 0 Å². The smallest absolute Gasteiger partial charge is 0.227 e. The van der Waals surface area contributed by atoms with E-state index in [0.717, 1.165) is 37.4 Å². The number of nitrogens with zero attached hydrogens (tertiary/aromatic N) is 4. The van der Waals surface area contributed by atoms with Crippen LogP contribution in [0, 0.1) is 6.92 Å². The number of anilines is 3. The summed E-state index contributed by atoms with van der Waals surface area (Å²) in [7, 11) is 3.07. The molecule has 5 rings (SSSR count). The van der Waals surface area contributed by atoms with Gasteiger partial charge in [-0.1, -0.05) is 23.2 Å². The van der Waals surface area contributed by atoms with Gasteiger partial charge in [0.1, 0.15) is 18.1 Å². The summed E-state index contributed by atoms with van der Waals surface area (Å²) in [4.78, 5) is 14.0. The Hall–Kier alpha value is -2.98. The fourth-order valence-electron chi connectivity index (χ4n) is 5.32. The number of ether oxygens (including phenoxy) is 3. The fourth-order valence-corrected chi connectivity index (χ4v) is 5.93. The Balaban J connectivity index is 1.17. The standard InChI is InChI=1S/C29H36Cl2N6O3/c1-19-14-21(36-10-6-20(7-11-36)37-12-8-32-9-13-37)4-5-24(19)35-29-33-16-22(17-34-29)40-18-23-27(30)25(38-2)15-26(39-3)28(23)31/h4-5,14-17,20,32H,6-13,18H2,1-3H3,(H,33,34,35). The van der Waals surface area contributed by atoms with Gasteiger partial charge >= 0.3 is 0 Å². The number of aromatic nitrogens is 2. The quantitative estimate of drug-likeness (QED) is 0.346. The summed E-state index contributed by atoms with van der Waals surface area (Å²) in [6.45, 7) is 8.93. The zero-order valence-corrected chi connectivity index (χ0v) is 24.7. The Kier molecular flexibility index (Phi) is 9.36. The number of benzene rings is 2. The number of piperidine rings is 1. The maximum Gasteiger partial charge on any atom is 0.227 e. The average Bonchev–Trinajstić information content (AvgIpc) is 2.99. The first kappa shape index (κ1) is 28.5. The molecule has 1 aromatic heterocycles. The van der Waals surface area contributed by atoms with Crippen molar-refractivity contribution >= 4 is 40.5 Å². The van der Waals surface area contributed by atoms with Crippen molar-refractivity contribution in [3.05, 3.63) is 57.8 Å². The highest BCUT2D eigenvalue weighted by molar-refractivity contribution is 6.37. The van der Waals surface area contributed by atoms with Crippen LogP contribution in [0.1, 0.15) is 24.0 Å².